The maximum absolute atomic E-state index is 11.5. The van der Waals surface area contributed by atoms with E-state index in [2.05, 4.69) is 27.9 Å². The van der Waals surface area contributed by atoms with Gasteiger partial charge >= 0.3 is 0 Å². The van der Waals surface area contributed by atoms with Crippen molar-refractivity contribution in [1.82, 2.24) is 20.4 Å². The summed E-state index contributed by atoms with van der Waals surface area (Å²) in [5.41, 5.74) is 2.29. The highest BCUT2D eigenvalue weighted by molar-refractivity contribution is 5.78. The molecule has 21 heavy (non-hydrogen) atoms. The van der Waals surface area contributed by atoms with E-state index in [4.69, 9.17) is 0 Å². The Kier molecular flexibility index (Phi) is 5.51. The highest BCUT2D eigenvalue weighted by Gasteiger charge is 2.03. The molecule has 0 aliphatic rings. The molecule has 0 saturated heterocycles. The van der Waals surface area contributed by atoms with Crippen molar-refractivity contribution in [3.05, 3.63) is 53.9 Å². The van der Waals surface area contributed by atoms with Gasteiger partial charge < -0.3 is 10.6 Å². The lowest BCUT2D eigenvalue weighted by Gasteiger charge is -2.08. The van der Waals surface area contributed by atoms with Crippen LogP contribution in [-0.4, -0.2) is 28.3 Å². The first-order valence-electron chi connectivity index (χ1n) is 7.19. The monoisotopic (exact) mass is 286 g/mol. The molecule has 1 amide bonds. The summed E-state index contributed by atoms with van der Waals surface area (Å²) >= 11 is 0. The van der Waals surface area contributed by atoms with E-state index in [-0.39, 0.29) is 11.9 Å². The van der Waals surface area contributed by atoms with Gasteiger partial charge in [-0.1, -0.05) is 30.3 Å². The van der Waals surface area contributed by atoms with Crippen molar-refractivity contribution in [3.63, 3.8) is 0 Å². The Labute approximate surface area is 125 Å². The number of carbonyl (C=O) groups excluding carboxylic acids is 1. The summed E-state index contributed by atoms with van der Waals surface area (Å²) in [4.78, 5) is 11.5. The number of hydrogen-bond donors (Lipinski definition) is 2. The first kappa shape index (κ1) is 15.3. The molecule has 0 unspecified atom stereocenters. The van der Waals surface area contributed by atoms with Crippen LogP contribution in [0, 0.1) is 0 Å². The molecule has 112 valence electrons. The first-order valence-corrected chi connectivity index (χ1v) is 7.19. The van der Waals surface area contributed by atoms with Gasteiger partial charge in [-0.3, -0.25) is 9.48 Å². The second-order valence-electron chi connectivity index (χ2n) is 5.36. The third kappa shape index (κ3) is 5.39. The highest BCUT2D eigenvalue weighted by Crippen LogP contribution is 2.03. The number of hydrogen-bond acceptors (Lipinski definition) is 3. The molecule has 0 bridgehead atoms. The number of nitrogens with one attached hydrogen (secondary N) is 2. The van der Waals surface area contributed by atoms with Crippen molar-refractivity contribution >= 4 is 5.91 Å². The quantitative estimate of drug-likeness (QED) is 0.812. The average Bonchev–Trinajstić information content (AvgIpc) is 2.86. The molecule has 0 aliphatic carbocycles. The molecule has 0 radical (unpaired) electrons. The molecule has 2 N–H and O–H groups in total. The van der Waals surface area contributed by atoms with Crippen molar-refractivity contribution < 1.29 is 4.79 Å². The van der Waals surface area contributed by atoms with E-state index in [9.17, 15) is 4.79 Å². The third-order valence-corrected chi connectivity index (χ3v) is 2.94. The van der Waals surface area contributed by atoms with Gasteiger partial charge in [-0.2, -0.15) is 5.10 Å². The second kappa shape index (κ2) is 7.59. The molecule has 1 aromatic heterocycles. The number of aromatic nitrogens is 2. The Morgan fingerprint density at radius 2 is 2.00 bits per heavy atom. The summed E-state index contributed by atoms with van der Waals surface area (Å²) in [5, 5.41) is 10.3. The van der Waals surface area contributed by atoms with E-state index < -0.39 is 0 Å². The standard InChI is InChI=1S/C16H22N4O/c1-13(2)19-16(21)10-17-8-15-9-18-20(12-15)11-14-6-4-3-5-7-14/h3-7,9,12-13,17H,8,10-11H2,1-2H3,(H,19,21). The zero-order valence-electron chi connectivity index (χ0n) is 12.5. The molecule has 0 aliphatic heterocycles. The zero-order valence-corrected chi connectivity index (χ0v) is 12.5. The third-order valence-electron chi connectivity index (χ3n) is 2.94. The molecule has 2 aromatic rings. The van der Waals surface area contributed by atoms with Crippen LogP contribution in [0.15, 0.2) is 42.7 Å². The van der Waals surface area contributed by atoms with E-state index >= 15 is 0 Å². The summed E-state index contributed by atoms with van der Waals surface area (Å²) in [6.45, 7) is 5.62. The Morgan fingerprint density at radius 3 is 2.71 bits per heavy atom. The van der Waals surface area contributed by atoms with Gasteiger partial charge in [0.05, 0.1) is 19.3 Å². The van der Waals surface area contributed by atoms with E-state index in [0.29, 0.717) is 13.1 Å². The Balaban J connectivity index is 1.77. The molecule has 0 atom stereocenters. The minimum atomic E-state index is 0.0154. The normalized spacial score (nSPS) is 10.8. The predicted octanol–water partition coefficient (Wildman–Crippen LogP) is 1.55. The number of amides is 1. The van der Waals surface area contributed by atoms with E-state index in [1.54, 1.807) is 0 Å². The minimum Gasteiger partial charge on any atom is -0.353 e. The van der Waals surface area contributed by atoms with E-state index in [1.165, 1.54) is 5.56 Å². The Hall–Kier alpha value is -2.14. The largest absolute Gasteiger partial charge is 0.353 e. The van der Waals surface area contributed by atoms with Crippen LogP contribution >= 0.6 is 0 Å². The molecule has 0 spiro atoms. The molecule has 2 rings (SSSR count). The first-order chi connectivity index (χ1) is 10.1. The van der Waals surface area contributed by atoms with E-state index in [0.717, 1.165) is 12.1 Å². The van der Waals surface area contributed by atoms with Crippen LogP contribution in [0.4, 0.5) is 0 Å². The topological polar surface area (TPSA) is 59.0 Å². The molecular formula is C16H22N4O. The van der Waals surface area contributed by atoms with Crippen LogP contribution in [-0.2, 0) is 17.9 Å². The number of rotatable bonds is 7. The predicted molar refractivity (Wildman–Crippen MR) is 82.8 cm³/mol. The molecule has 5 heteroatoms. The van der Waals surface area contributed by atoms with Crippen molar-refractivity contribution in [2.75, 3.05) is 6.54 Å². The maximum atomic E-state index is 11.5. The van der Waals surface area contributed by atoms with Gasteiger partial charge in [0.2, 0.25) is 5.91 Å². The smallest absolute Gasteiger partial charge is 0.234 e. The van der Waals surface area contributed by atoms with Crippen molar-refractivity contribution in [3.8, 4) is 0 Å². The van der Waals surface area contributed by atoms with Crippen molar-refractivity contribution in [1.29, 1.82) is 0 Å². The summed E-state index contributed by atoms with van der Waals surface area (Å²) in [6, 6.07) is 10.4. The van der Waals surface area contributed by atoms with Gasteiger partial charge in [-0.15, -0.1) is 0 Å². The molecule has 1 heterocycles. The molecule has 0 fully saturated rings. The fourth-order valence-corrected chi connectivity index (χ4v) is 2.05. The fraction of sp³-hybridized carbons (Fsp3) is 0.375. The van der Waals surface area contributed by atoms with Crippen LogP contribution in [0.3, 0.4) is 0 Å². The SMILES string of the molecule is CC(C)NC(=O)CNCc1cnn(Cc2ccccc2)c1. The summed E-state index contributed by atoms with van der Waals surface area (Å²) in [5.74, 6) is 0.0154. The molecule has 5 nitrogen and oxygen atoms in total. The Bertz CT molecular complexity index is 563. The zero-order chi connectivity index (χ0) is 15.1. The second-order valence-corrected chi connectivity index (χ2v) is 5.36. The van der Waals surface area contributed by atoms with Crippen molar-refractivity contribution in [2.24, 2.45) is 0 Å². The molecular weight excluding hydrogens is 264 g/mol. The minimum absolute atomic E-state index is 0.0154. The molecule has 0 saturated carbocycles. The van der Waals surface area contributed by atoms with Crippen LogP contribution in [0.1, 0.15) is 25.0 Å². The van der Waals surface area contributed by atoms with Crippen LogP contribution in [0.2, 0.25) is 0 Å². The number of benzene rings is 1. The van der Waals surface area contributed by atoms with E-state index in [1.807, 2.05) is 49.1 Å². The Morgan fingerprint density at radius 1 is 1.24 bits per heavy atom. The van der Waals surface area contributed by atoms with Gasteiger partial charge in [0.15, 0.2) is 0 Å². The lowest BCUT2D eigenvalue weighted by molar-refractivity contribution is -0.120. The van der Waals surface area contributed by atoms with Gasteiger partial charge in [0, 0.05) is 24.3 Å². The fourth-order valence-electron chi connectivity index (χ4n) is 2.05. The summed E-state index contributed by atoms with van der Waals surface area (Å²) < 4.78 is 1.90. The van der Waals surface area contributed by atoms with Crippen LogP contribution in [0.25, 0.3) is 0 Å². The van der Waals surface area contributed by atoms with Gasteiger partial charge in [0.1, 0.15) is 0 Å². The summed E-state index contributed by atoms with van der Waals surface area (Å²) in [6.07, 6.45) is 3.83. The maximum Gasteiger partial charge on any atom is 0.234 e. The van der Waals surface area contributed by atoms with Crippen molar-refractivity contribution in [2.45, 2.75) is 33.0 Å². The average molecular weight is 286 g/mol. The number of nitrogens with zero attached hydrogens (tertiary/aromatic N) is 2. The van der Waals surface area contributed by atoms with Crippen LogP contribution < -0.4 is 10.6 Å². The molecule has 1 aromatic carbocycles. The van der Waals surface area contributed by atoms with Gasteiger partial charge in [0.25, 0.3) is 0 Å². The number of carbonyl (C=O) groups is 1. The van der Waals surface area contributed by atoms with Crippen LogP contribution in [0.5, 0.6) is 0 Å². The highest BCUT2D eigenvalue weighted by atomic mass is 16.1. The lowest BCUT2D eigenvalue weighted by Crippen LogP contribution is -2.37. The van der Waals surface area contributed by atoms with Gasteiger partial charge in [-0.25, -0.2) is 0 Å². The lowest BCUT2D eigenvalue weighted by atomic mass is 10.2. The summed E-state index contributed by atoms with van der Waals surface area (Å²) in [7, 11) is 0. The van der Waals surface area contributed by atoms with Gasteiger partial charge in [-0.05, 0) is 19.4 Å².